The van der Waals surface area contributed by atoms with Crippen molar-refractivity contribution in [3.8, 4) is 0 Å². The van der Waals surface area contributed by atoms with Crippen LogP contribution in [-0.2, 0) is 0 Å². The second kappa shape index (κ2) is 6.49. The number of amides is 1. The maximum Gasteiger partial charge on any atom is 0.270 e. The highest BCUT2D eigenvalue weighted by atomic mass is 32.1. The largest absolute Gasteiger partial charge is 0.392 e. The third-order valence-electron chi connectivity index (χ3n) is 2.60. The minimum Gasteiger partial charge on any atom is -0.392 e. The van der Waals surface area contributed by atoms with Gasteiger partial charge in [-0.05, 0) is 26.0 Å². The summed E-state index contributed by atoms with van der Waals surface area (Å²) in [7, 11) is 0. The van der Waals surface area contributed by atoms with Crippen molar-refractivity contribution in [2.24, 2.45) is 0 Å². The molecule has 0 saturated carbocycles. The zero-order valence-corrected chi connectivity index (χ0v) is 12.2. The average molecular weight is 291 g/mol. The molecule has 106 valence electrons. The van der Waals surface area contributed by atoms with Crippen molar-refractivity contribution in [3.05, 3.63) is 40.9 Å². The Morgan fingerprint density at radius 3 is 2.75 bits per heavy atom. The number of hydrogen-bond donors (Lipinski definition) is 3. The van der Waals surface area contributed by atoms with E-state index in [1.165, 1.54) is 16.9 Å². The molecule has 0 saturated heterocycles. The Bertz CT molecular complexity index is 578. The molecule has 5 nitrogen and oxygen atoms in total. The van der Waals surface area contributed by atoms with E-state index in [1.54, 1.807) is 12.3 Å². The number of hydrogen-bond acceptors (Lipinski definition) is 5. The summed E-state index contributed by atoms with van der Waals surface area (Å²) in [6.07, 6.45) is -0.567. The van der Waals surface area contributed by atoms with E-state index in [4.69, 9.17) is 5.11 Å². The predicted octanol–water partition coefficient (Wildman–Crippen LogP) is 2.31. The number of aliphatic hydroxyl groups excluding tert-OH is 1. The fourth-order valence-corrected chi connectivity index (χ4v) is 2.24. The standard InChI is InChI=1S/C14H17N3O2S/c1-9-3-5-11(6-4-9)16-14-17-12(8-20-14)13(19)15-7-10(2)18/h3-6,8,10,18H,7H2,1-2H3,(H,15,19)(H,16,17)/t10-/m0/s1. The lowest BCUT2D eigenvalue weighted by Crippen LogP contribution is -2.30. The molecule has 1 atom stereocenters. The van der Waals surface area contributed by atoms with Gasteiger partial charge in [0.15, 0.2) is 5.13 Å². The molecule has 1 heterocycles. The number of aliphatic hydroxyl groups is 1. The van der Waals surface area contributed by atoms with Crippen molar-refractivity contribution < 1.29 is 9.90 Å². The van der Waals surface area contributed by atoms with Crippen molar-refractivity contribution in [3.63, 3.8) is 0 Å². The number of anilines is 2. The van der Waals surface area contributed by atoms with Gasteiger partial charge in [0.05, 0.1) is 6.10 Å². The van der Waals surface area contributed by atoms with E-state index in [1.807, 2.05) is 31.2 Å². The molecule has 20 heavy (non-hydrogen) atoms. The topological polar surface area (TPSA) is 74.2 Å². The number of nitrogens with one attached hydrogen (secondary N) is 2. The van der Waals surface area contributed by atoms with Crippen LogP contribution in [0.4, 0.5) is 10.8 Å². The van der Waals surface area contributed by atoms with Gasteiger partial charge in [-0.25, -0.2) is 4.98 Å². The van der Waals surface area contributed by atoms with Gasteiger partial charge < -0.3 is 15.7 Å². The summed E-state index contributed by atoms with van der Waals surface area (Å²) in [6, 6.07) is 7.94. The minimum absolute atomic E-state index is 0.219. The number of aryl methyl sites for hydroxylation is 1. The van der Waals surface area contributed by atoms with Crippen LogP contribution in [0.25, 0.3) is 0 Å². The highest BCUT2D eigenvalue weighted by molar-refractivity contribution is 7.14. The molecule has 1 amide bonds. The van der Waals surface area contributed by atoms with Crippen molar-refractivity contribution in [1.29, 1.82) is 0 Å². The van der Waals surface area contributed by atoms with Crippen molar-refractivity contribution in [2.75, 3.05) is 11.9 Å². The first-order chi connectivity index (χ1) is 9.54. The van der Waals surface area contributed by atoms with E-state index in [-0.39, 0.29) is 12.5 Å². The van der Waals surface area contributed by atoms with Crippen LogP contribution in [0.2, 0.25) is 0 Å². The molecule has 0 aliphatic carbocycles. The molecule has 0 aliphatic rings. The van der Waals surface area contributed by atoms with Crippen LogP contribution in [0, 0.1) is 6.92 Å². The summed E-state index contributed by atoms with van der Waals surface area (Å²) in [5.74, 6) is -0.279. The van der Waals surface area contributed by atoms with Gasteiger partial charge in [0, 0.05) is 17.6 Å². The van der Waals surface area contributed by atoms with E-state index in [9.17, 15) is 4.79 Å². The summed E-state index contributed by atoms with van der Waals surface area (Å²) >= 11 is 1.37. The number of aromatic nitrogens is 1. The minimum atomic E-state index is -0.567. The normalized spacial score (nSPS) is 11.9. The van der Waals surface area contributed by atoms with Gasteiger partial charge in [0.25, 0.3) is 5.91 Å². The van der Waals surface area contributed by atoms with Gasteiger partial charge in [0.1, 0.15) is 5.69 Å². The van der Waals surface area contributed by atoms with Crippen molar-refractivity contribution in [1.82, 2.24) is 10.3 Å². The summed E-state index contributed by atoms with van der Waals surface area (Å²) in [5, 5.41) is 17.2. The van der Waals surface area contributed by atoms with E-state index in [0.717, 1.165) is 5.69 Å². The lowest BCUT2D eigenvalue weighted by atomic mass is 10.2. The summed E-state index contributed by atoms with van der Waals surface area (Å²) in [5.41, 5.74) is 2.47. The first-order valence-electron chi connectivity index (χ1n) is 6.30. The molecule has 0 radical (unpaired) electrons. The van der Waals surface area contributed by atoms with E-state index in [0.29, 0.717) is 10.8 Å². The van der Waals surface area contributed by atoms with Crippen LogP contribution < -0.4 is 10.6 Å². The lowest BCUT2D eigenvalue weighted by Gasteiger charge is -2.05. The van der Waals surface area contributed by atoms with Gasteiger partial charge in [-0.3, -0.25) is 4.79 Å². The molecular formula is C14H17N3O2S. The Morgan fingerprint density at radius 1 is 1.40 bits per heavy atom. The summed E-state index contributed by atoms with van der Waals surface area (Å²) in [6.45, 7) is 3.86. The van der Waals surface area contributed by atoms with Gasteiger partial charge in [-0.1, -0.05) is 17.7 Å². The molecular weight excluding hydrogens is 274 g/mol. The number of carbonyl (C=O) groups is 1. The van der Waals surface area contributed by atoms with Crippen LogP contribution in [0.3, 0.4) is 0 Å². The molecule has 1 aromatic heterocycles. The monoisotopic (exact) mass is 291 g/mol. The third kappa shape index (κ3) is 4.04. The van der Waals surface area contributed by atoms with Crippen LogP contribution in [0.15, 0.2) is 29.6 Å². The highest BCUT2D eigenvalue weighted by Crippen LogP contribution is 2.21. The first-order valence-corrected chi connectivity index (χ1v) is 7.18. The maximum absolute atomic E-state index is 11.8. The van der Waals surface area contributed by atoms with Gasteiger partial charge in [-0.15, -0.1) is 11.3 Å². The Kier molecular flexibility index (Phi) is 4.70. The molecule has 0 bridgehead atoms. The Balaban J connectivity index is 1.98. The number of carbonyl (C=O) groups excluding carboxylic acids is 1. The van der Waals surface area contributed by atoms with Crippen LogP contribution in [-0.4, -0.2) is 28.6 Å². The number of rotatable bonds is 5. The maximum atomic E-state index is 11.8. The van der Waals surface area contributed by atoms with Crippen LogP contribution in [0.5, 0.6) is 0 Å². The molecule has 0 aliphatic heterocycles. The Labute approximate surface area is 121 Å². The SMILES string of the molecule is Cc1ccc(Nc2nc(C(=O)NC[C@H](C)O)cs2)cc1. The molecule has 3 N–H and O–H groups in total. The number of benzene rings is 1. The van der Waals surface area contributed by atoms with E-state index in [2.05, 4.69) is 15.6 Å². The smallest absolute Gasteiger partial charge is 0.270 e. The lowest BCUT2D eigenvalue weighted by molar-refractivity contribution is 0.0920. The third-order valence-corrected chi connectivity index (χ3v) is 3.36. The molecule has 2 rings (SSSR count). The van der Waals surface area contributed by atoms with Gasteiger partial charge in [-0.2, -0.15) is 0 Å². The molecule has 2 aromatic rings. The van der Waals surface area contributed by atoms with E-state index < -0.39 is 6.10 Å². The average Bonchev–Trinajstić information content (AvgIpc) is 2.87. The molecule has 0 fully saturated rings. The molecule has 0 spiro atoms. The first kappa shape index (κ1) is 14.5. The quantitative estimate of drug-likeness (QED) is 0.790. The fraction of sp³-hybridized carbons (Fsp3) is 0.286. The Morgan fingerprint density at radius 2 is 2.10 bits per heavy atom. The predicted molar refractivity (Wildman–Crippen MR) is 80.6 cm³/mol. The fourth-order valence-electron chi connectivity index (χ4n) is 1.53. The second-order valence-electron chi connectivity index (χ2n) is 4.59. The molecule has 0 unspecified atom stereocenters. The number of thiazole rings is 1. The van der Waals surface area contributed by atoms with Crippen molar-refractivity contribution >= 4 is 28.1 Å². The summed E-state index contributed by atoms with van der Waals surface area (Å²) in [4.78, 5) is 16.0. The second-order valence-corrected chi connectivity index (χ2v) is 5.45. The van der Waals surface area contributed by atoms with Gasteiger partial charge >= 0.3 is 0 Å². The van der Waals surface area contributed by atoms with Gasteiger partial charge in [0.2, 0.25) is 0 Å². The van der Waals surface area contributed by atoms with Crippen LogP contribution in [0.1, 0.15) is 23.0 Å². The molecule has 1 aromatic carbocycles. The van der Waals surface area contributed by atoms with Crippen LogP contribution >= 0.6 is 11.3 Å². The van der Waals surface area contributed by atoms with Crippen molar-refractivity contribution in [2.45, 2.75) is 20.0 Å². The van der Waals surface area contributed by atoms with E-state index >= 15 is 0 Å². The Hall–Kier alpha value is -1.92. The summed E-state index contributed by atoms with van der Waals surface area (Å²) < 4.78 is 0. The zero-order valence-electron chi connectivity index (χ0n) is 11.4. The molecule has 6 heteroatoms. The highest BCUT2D eigenvalue weighted by Gasteiger charge is 2.11. The zero-order chi connectivity index (χ0) is 14.5. The number of nitrogens with zero attached hydrogens (tertiary/aromatic N) is 1.